The third-order valence-electron chi connectivity index (χ3n) is 5.38. The third-order valence-corrected chi connectivity index (χ3v) is 5.38. The largest absolute Gasteiger partial charge is 0.507 e. The fraction of sp³-hybridized carbons (Fsp3) is 0.320. The normalized spacial score (nSPS) is 13.6. The predicted octanol–water partition coefficient (Wildman–Crippen LogP) is 6.04. The molecule has 0 saturated carbocycles. The molecule has 0 radical (unpaired) electrons. The van der Waals surface area contributed by atoms with Crippen LogP contribution in [0.25, 0.3) is 11.0 Å². The van der Waals surface area contributed by atoms with Crippen molar-refractivity contribution in [3.63, 3.8) is 0 Å². The van der Waals surface area contributed by atoms with Crippen LogP contribution < -0.4 is 10.4 Å². The SMILES string of the molecule is COc1ccc2c(O)c(C(C)/C(C)=C/C/C=C(\C)Cc3cc(C)co3)c(=O)oc2c1. The van der Waals surface area contributed by atoms with Crippen LogP contribution in [0, 0.1) is 6.92 Å². The summed E-state index contributed by atoms with van der Waals surface area (Å²) < 4.78 is 16.1. The first-order chi connectivity index (χ1) is 14.3. The maximum Gasteiger partial charge on any atom is 0.343 e. The van der Waals surface area contributed by atoms with E-state index in [0.717, 1.165) is 29.7 Å². The second-order valence-electron chi connectivity index (χ2n) is 7.74. The molecular weight excluding hydrogens is 380 g/mol. The average Bonchev–Trinajstić information content (AvgIpc) is 3.11. The molecule has 0 aliphatic rings. The molecule has 3 aromatic rings. The quantitative estimate of drug-likeness (QED) is 0.381. The van der Waals surface area contributed by atoms with Crippen molar-refractivity contribution < 1.29 is 18.7 Å². The summed E-state index contributed by atoms with van der Waals surface area (Å²) >= 11 is 0. The van der Waals surface area contributed by atoms with E-state index < -0.39 is 5.63 Å². The minimum Gasteiger partial charge on any atom is -0.507 e. The van der Waals surface area contributed by atoms with Gasteiger partial charge in [0.15, 0.2) is 0 Å². The lowest BCUT2D eigenvalue weighted by atomic mass is 9.92. The molecule has 30 heavy (non-hydrogen) atoms. The van der Waals surface area contributed by atoms with Gasteiger partial charge in [0.1, 0.15) is 22.8 Å². The van der Waals surface area contributed by atoms with Crippen LogP contribution in [-0.2, 0) is 6.42 Å². The van der Waals surface area contributed by atoms with Crippen LogP contribution in [0.2, 0.25) is 0 Å². The minimum atomic E-state index is -0.534. The summed E-state index contributed by atoms with van der Waals surface area (Å²) in [5.41, 5.74) is 3.36. The number of hydrogen-bond donors (Lipinski definition) is 1. The highest BCUT2D eigenvalue weighted by Gasteiger charge is 2.21. The van der Waals surface area contributed by atoms with E-state index in [9.17, 15) is 9.90 Å². The molecule has 0 fully saturated rings. The number of ether oxygens (including phenoxy) is 1. The molecule has 1 aromatic carbocycles. The number of fused-ring (bicyclic) bond motifs is 1. The van der Waals surface area contributed by atoms with E-state index in [1.807, 2.05) is 26.8 Å². The van der Waals surface area contributed by atoms with E-state index >= 15 is 0 Å². The van der Waals surface area contributed by atoms with E-state index in [1.54, 1.807) is 24.5 Å². The Bertz CT molecular complexity index is 1160. The lowest BCUT2D eigenvalue weighted by Gasteiger charge is -2.14. The first-order valence-electron chi connectivity index (χ1n) is 10.00. The smallest absolute Gasteiger partial charge is 0.343 e. The highest BCUT2D eigenvalue weighted by Crippen LogP contribution is 2.35. The van der Waals surface area contributed by atoms with Gasteiger partial charge >= 0.3 is 5.63 Å². The highest BCUT2D eigenvalue weighted by molar-refractivity contribution is 5.85. The first-order valence-corrected chi connectivity index (χ1v) is 10.00. The number of benzene rings is 1. The van der Waals surface area contributed by atoms with Crippen molar-refractivity contribution in [2.75, 3.05) is 7.11 Å². The van der Waals surface area contributed by atoms with Gasteiger partial charge in [-0.3, -0.25) is 0 Å². The van der Waals surface area contributed by atoms with Gasteiger partial charge in [-0.15, -0.1) is 0 Å². The van der Waals surface area contributed by atoms with E-state index in [2.05, 4.69) is 19.1 Å². The second-order valence-corrected chi connectivity index (χ2v) is 7.74. The lowest BCUT2D eigenvalue weighted by Crippen LogP contribution is -2.12. The van der Waals surface area contributed by atoms with Crippen LogP contribution >= 0.6 is 0 Å². The zero-order chi connectivity index (χ0) is 21.8. The molecule has 158 valence electrons. The predicted molar refractivity (Wildman–Crippen MR) is 118 cm³/mol. The zero-order valence-electron chi connectivity index (χ0n) is 18.1. The maximum atomic E-state index is 12.6. The van der Waals surface area contributed by atoms with Crippen molar-refractivity contribution in [1.29, 1.82) is 0 Å². The summed E-state index contributed by atoms with van der Waals surface area (Å²) in [6.45, 7) is 7.94. The molecule has 5 nitrogen and oxygen atoms in total. The summed E-state index contributed by atoms with van der Waals surface area (Å²) in [6.07, 6.45) is 7.47. The van der Waals surface area contributed by atoms with Crippen LogP contribution in [0.1, 0.15) is 50.0 Å². The minimum absolute atomic E-state index is 0.0379. The monoisotopic (exact) mass is 408 g/mol. The Balaban J connectivity index is 1.79. The van der Waals surface area contributed by atoms with Crippen LogP contribution in [0.5, 0.6) is 11.5 Å². The molecule has 0 amide bonds. The Morgan fingerprint density at radius 1 is 1.23 bits per heavy atom. The molecule has 2 aromatic heterocycles. The molecule has 5 heteroatoms. The summed E-state index contributed by atoms with van der Waals surface area (Å²) in [7, 11) is 1.54. The third kappa shape index (κ3) is 4.67. The van der Waals surface area contributed by atoms with Crippen molar-refractivity contribution in [2.45, 2.75) is 46.5 Å². The fourth-order valence-corrected chi connectivity index (χ4v) is 3.47. The van der Waals surface area contributed by atoms with Crippen LogP contribution in [0.3, 0.4) is 0 Å². The van der Waals surface area contributed by atoms with Crippen LogP contribution in [0.4, 0.5) is 0 Å². The molecule has 3 rings (SSSR count). The summed E-state index contributed by atoms with van der Waals surface area (Å²) in [6, 6.07) is 7.07. The average molecular weight is 408 g/mol. The Hall–Kier alpha value is -3.21. The van der Waals surface area contributed by atoms with Gasteiger partial charge in [-0.25, -0.2) is 4.79 Å². The first kappa shape index (κ1) is 21.5. The van der Waals surface area contributed by atoms with Gasteiger partial charge in [0, 0.05) is 18.4 Å². The standard InChI is InChI=1S/C25H28O5/c1-15(11-20-12-16(2)14-29-20)7-6-8-17(3)18(4)23-24(26)21-10-9-19(28-5)13-22(21)30-25(23)27/h7-10,12-14,18,26H,6,11H2,1-5H3/b15-7+,17-8+. The number of furan rings is 1. The van der Waals surface area contributed by atoms with Crippen LogP contribution in [-0.4, -0.2) is 12.2 Å². The maximum absolute atomic E-state index is 12.6. The molecule has 1 atom stereocenters. The van der Waals surface area contributed by atoms with Crippen molar-refractivity contribution in [3.05, 3.63) is 81.1 Å². The molecule has 1 unspecified atom stereocenters. The molecule has 2 heterocycles. The van der Waals surface area contributed by atoms with Crippen molar-refractivity contribution in [1.82, 2.24) is 0 Å². The van der Waals surface area contributed by atoms with Gasteiger partial charge < -0.3 is 18.7 Å². The molecule has 1 N–H and O–H groups in total. The van der Waals surface area contributed by atoms with Gasteiger partial charge in [-0.2, -0.15) is 0 Å². The van der Waals surface area contributed by atoms with Gasteiger partial charge in [0.25, 0.3) is 0 Å². The Morgan fingerprint density at radius 3 is 2.67 bits per heavy atom. The molecular formula is C25H28O5. The number of hydrogen-bond acceptors (Lipinski definition) is 5. The number of rotatable bonds is 7. The topological polar surface area (TPSA) is 72.8 Å². The van der Waals surface area contributed by atoms with Crippen molar-refractivity contribution in [2.24, 2.45) is 0 Å². The number of methoxy groups -OCH3 is 1. The number of allylic oxidation sites excluding steroid dienone is 4. The lowest BCUT2D eigenvalue weighted by molar-refractivity contribution is 0.413. The van der Waals surface area contributed by atoms with E-state index in [-0.39, 0.29) is 17.2 Å². The summed E-state index contributed by atoms with van der Waals surface area (Å²) in [5, 5.41) is 11.2. The molecule has 0 spiro atoms. The van der Waals surface area contributed by atoms with Gasteiger partial charge in [0.05, 0.1) is 24.3 Å². The number of aryl methyl sites for hydroxylation is 1. The van der Waals surface area contributed by atoms with Gasteiger partial charge in [-0.1, -0.05) is 30.2 Å². The summed E-state index contributed by atoms with van der Waals surface area (Å²) in [4.78, 5) is 12.6. The Morgan fingerprint density at radius 2 is 2.00 bits per heavy atom. The Labute approximate surface area is 176 Å². The molecule has 0 saturated heterocycles. The van der Waals surface area contributed by atoms with Crippen LogP contribution in [0.15, 0.2) is 67.5 Å². The second kappa shape index (κ2) is 9.08. The van der Waals surface area contributed by atoms with E-state index in [1.165, 1.54) is 12.7 Å². The van der Waals surface area contributed by atoms with E-state index in [4.69, 9.17) is 13.6 Å². The number of aromatic hydroxyl groups is 1. The van der Waals surface area contributed by atoms with Crippen molar-refractivity contribution in [3.8, 4) is 11.5 Å². The highest BCUT2D eigenvalue weighted by atomic mass is 16.5. The fourth-order valence-electron chi connectivity index (χ4n) is 3.47. The summed E-state index contributed by atoms with van der Waals surface area (Å²) in [5.74, 6) is 1.21. The van der Waals surface area contributed by atoms with Crippen molar-refractivity contribution >= 4 is 11.0 Å². The van der Waals surface area contributed by atoms with E-state index in [0.29, 0.717) is 16.7 Å². The van der Waals surface area contributed by atoms with Gasteiger partial charge in [0.2, 0.25) is 0 Å². The van der Waals surface area contributed by atoms with Gasteiger partial charge in [-0.05, 0) is 51.0 Å². The molecule has 0 aliphatic carbocycles. The molecule has 0 aliphatic heterocycles. The molecule has 0 bridgehead atoms. The Kier molecular flexibility index (Phi) is 6.50. The zero-order valence-corrected chi connectivity index (χ0v) is 18.1.